The number of halogens is 1. The molecule has 17 heavy (non-hydrogen) atoms. The van der Waals surface area contributed by atoms with Gasteiger partial charge in [0.25, 0.3) is 0 Å². The molecule has 3 nitrogen and oxygen atoms in total. The molecule has 0 aliphatic heterocycles. The molecule has 1 aromatic heterocycles. The van der Waals surface area contributed by atoms with Crippen molar-refractivity contribution >= 4 is 29.3 Å². The van der Waals surface area contributed by atoms with Gasteiger partial charge in [-0.3, -0.25) is 0 Å². The molecule has 0 spiro atoms. The second kappa shape index (κ2) is 5.36. The highest BCUT2D eigenvalue weighted by molar-refractivity contribution is 7.99. The Hall–Kier alpha value is -0.610. The number of hydrogen-bond donors (Lipinski definition) is 1. The summed E-state index contributed by atoms with van der Waals surface area (Å²) in [5, 5.41) is 10.2. The Morgan fingerprint density at radius 2 is 2.41 bits per heavy atom. The summed E-state index contributed by atoms with van der Waals surface area (Å²) in [6, 6.07) is 1.81. The van der Waals surface area contributed by atoms with Gasteiger partial charge in [0.05, 0.1) is 5.02 Å². The summed E-state index contributed by atoms with van der Waals surface area (Å²) < 4.78 is 1.85. The Kier molecular flexibility index (Phi) is 4.05. The molecule has 1 aliphatic rings. The van der Waals surface area contributed by atoms with Crippen molar-refractivity contribution in [3.63, 3.8) is 0 Å². The highest BCUT2D eigenvalue weighted by Gasteiger charge is 2.31. The minimum absolute atomic E-state index is 0.276. The molecule has 1 aliphatic carbocycles. The van der Waals surface area contributed by atoms with E-state index < -0.39 is 5.97 Å². The third-order valence-corrected chi connectivity index (χ3v) is 4.71. The van der Waals surface area contributed by atoms with Crippen LogP contribution < -0.4 is 0 Å². The molecular formula is C12H16ClNO2S. The number of aromatic nitrogens is 1. The highest BCUT2D eigenvalue weighted by Crippen LogP contribution is 2.39. The molecule has 2 rings (SSSR count). The lowest BCUT2D eigenvalue weighted by atomic mass is 10.2. The molecule has 0 saturated heterocycles. The van der Waals surface area contributed by atoms with E-state index in [0.717, 1.165) is 25.0 Å². The Morgan fingerprint density at radius 3 is 3.06 bits per heavy atom. The van der Waals surface area contributed by atoms with Crippen LogP contribution in [0.2, 0.25) is 5.02 Å². The van der Waals surface area contributed by atoms with Gasteiger partial charge in [0, 0.05) is 17.5 Å². The number of carboxylic acid groups (broad SMARTS) is 1. The summed E-state index contributed by atoms with van der Waals surface area (Å²) in [4.78, 5) is 11.2. The highest BCUT2D eigenvalue weighted by atomic mass is 35.5. The number of rotatable bonds is 4. The lowest BCUT2D eigenvalue weighted by Gasteiger charge is -2.21. The maximum Gasteiger partial charge on any atom is 0.352 e. The van der Waals surface area contributed by atoms with Crippen molar-refractivity contribution < 1.29 is 9.90 Å². The number of nitrogens with zero attached hydrogens (tertiary/aromatic N) is 1. The summed E-state index contributed by atoms with van der Waals surface area (Å²) in [6.07, 6.45) is 5.13. The normalized spacial score (nSPS) is 24.1. The van der Waals surface area contributed by atoms with E-state index in [2.05, 4.69) is 6.92 Å². The van der Waals surface area contributed by atoms with Crippen LogP contribution in [0.5, 0.6) is 0 Å². The van der Waals surface area contributed by atoms with Gasteiger partial charge in [-0.15, -0.1) is 0 Å². The van der Waals surface area contributed by atoms with Gasteiger partial charge < -0.3 is 9.67 Å². The van der Waals surface area contributed by atoms with Crippen LogP contribution in [0.1, 0.15) is 42.7 Å². The lowest BCUT2D eigenvalue weighted by molar-refractivity contribution is 0.0683. The third-order valence-electron chi connectivity index (χ3n) is 3.19. The maximum atomic E-state index is 11.2. The molecule has 0 aromatic carbocycles. The summed E-state index contributed by atoms with van der Waals surface area (Å²) in [7, 11) is 0. The van der Waals surface area contributed by atoms with Crippen LogP contribution in [0.4, 0.5) is 0 Å². The van der Waals surface area contributed by atoms with E-state index in [0.29, 0.717) is 16.0 Å². The predicted octanol–water partition coefficient (Wildman–Crippen LogP) is 3.69. The minimum atomic E-state index is -0.899. The number of aromatic carboxylic acids is 1. The van der Waals surface area contributed by atoms with Crippen molar-refractivity contribution in [3.8, 4) is 0 Å². The molecule has 1 heterocycles. The van der Waals surface area contributed by atoms with Crippen LogP contribution in [0.15, 0.2) is 12.3 Å². The van der Waals surface area contributed by atoms with Crippen molar-refractivity contribution in [1.29, 1.82) is 0 Å². The first kappa shape index (κ1) is 12.8. The fraction of sp³-hybridized carbons (Fsp3) is 0.583. The number of thioether (sulfide) groups is 1. The van der Waals surface area contributed by atoms with E-state index in [1.807, 2.05) is 16.3 Å². The number of hydrogen-bond acceptors (Lipinski definition) is 2. The van der Waals surface area contributed by atoms with E-state index in [1.54, 1.807) is 6.20 Å². The van der Waals surface area contributed by atoms with Gasteiger partial charge in [0.2, 0.25) is 0 Å². The quantitative estimate of drug-likeness (QED) is 0.910. The largest absolute Gasteiger partial charge is 0.477 e. The Morgan fingerprint density at radius 1 is 1.65 bits per heavy atom. The minimum Gasteiger partial charge on any atom is -0.477 e. The molecule has 0 amide bonds. The van der Waals surface area contributed by atoms with Gasteiger partial charge in [-0.1, -0.05) is 24.9 Å². The summed E-state index contributed by atoms with van der Waals surface area (Å²) in [5.41, 5.74) is 0.309. The van der Waals surface area contributed by atoms with Crippen LogP contribution in [-0.4, -0.2) is 26.6 Å². The first-order valence-corrected chi connectivity index (χ1v) is 7.28. The van der Waals surface area contributed by atoms with Crippen LogP contribution >= 0.6 is 23.4 Å². The molecule has 5 heteroatoms. The average Bonchev–Trinajstić information content (AvgIpc) is 2.84. The van der Waals surface area contributed by atoms with Gasteiger partial charge in [-0.2, -0.15) is 11.8 Å². The second-order valence-corrected chi connectivity index (χ2v) is 6.20. The monoisotopic (exact) mass is 273 g/mol. The standard InChI is InChI=1S/C12H16ClNO2S/c1-2-17-11-5-3-4-9(11)14-7-8(13)6-10(14)12(15)16/h6-7,9,11H,2-5H2,1H3,(H,15,16). The van der Waals surface area contributed by atoms with Gasteiger partial charge in [0.1, 0.15) is 5.69 Å². The van der Waals surface area contributed by atoms with Crippen molar-refractivity contribution in [1.82, 2.24) is 4.57 Å². The van der Waals surface area contributed by atoms with Crippen LogP contribution in [0.3, 0.4) is 0 Å². The Labute approximate surface area is 110 Å². The van der Waals surface area contributed by atoms with Gasteiger partial charge >= 0.3 is 5.97 Å². The van der Waals surface area contributed by atoms with Gasteiger partial charge in [-0.25, -0.2) is 4.79 Å². The molecule has 1 aromatic rings. The Balaban J connectivity index is 2.29. The molecule has 1 saturated carbocycles. The molecule has 1 N–H and O–H groups in total. The van der Waals surface area contributed by atoms with Gasteiger partial charge in [0.15, 0.2) is 0 Å². The number of carbonyl (C=O) groups is 1. The molecule has 0 radical (unpaired) electrons. The molecule has 1 fully saturated rings. The van der Waals surface area contributed by atoms with Crippen molar-refractivity contribution in [2.75, 3.05) is 5.75 Å². The fourth-order valence-corrected chi connectivity index (χ4v) is 3.98. The van der Waals surface area contributed by atoms with E-state index >= 15 is 0 Å². The first-order valence-electron chi connectivity index (χ1n) is 5.85. The zero-order chi connectivity index (χ0) is 12.4. The maximum absolute atomic E-state index is 11.2. The molecular weight excluding hydrogens is 258 g/mol. The van der Waals surface area contributed by atoms with Crippen LogP contribution in [-0.2, 0) is 0 Å². The Bertz CT molecular complexity index is 419. The third kappa shape index (κ3) is 2.63. The smallest absolute Gasteiger partial charge is 0.352 e. The van der Waals surface area contributed by atoms with E-state index in [4.69, 9.17) is 16.7 Å². The van der Waals surface area contributed by atoms with Crippen molar-refractivity contribution in [3.05, 3.63) is 23.0 Å². The lowest BCUT2D eigenvalue weighted by Crippen LogP contribution is -2.19. The second-order valence-electron chi connectivity index (χ2n) is 4.25. The summed E-state index contributed by atoms with van der Waals surface area (Å²) in [6.45, 7) is 2.14. The van der Waals surface area contributed by atoms with Crippen LogP contribution in [0.25, 0.3) is 0 Å². The average molecular weight is 274 g/mol. The van der Waals surface area contributed by atoms with E-state index in [-0.39, 0.29) is 6.04 Å². The van der Waals surface area contributed by atoms with Crippen molar-refractivity contribution in [2.24, 2.45) is 0 Å². The topological polar surface area (TPSA) is 42.2 Å². The van der Waals surface area contributed by atoms with E-state index in [1.165, 1.54) is 6.07 Å². The molecule has 94 valence electrons. The summed E-state index contributed by atoms with van der Waals surface area (Å²) in [5.74, 6) is 0.169. The first-order chi connectivity index (χ1) is 8.13. The van der Waals surface area contributed by atoms with E-state index in [9.17, 15) is 4.79 Å². The van der Waals surface area contributed by atoms with Gasteiger partial charge in [-0.05, 0) is 24.7 Å². The van der Waals surface area contributed by atoms with Crippen LogP contribution in [0, 0.1) is 0 Å². The molecule has 2 atom stereocenters. The van der Waals surface area contributed by atoms with Crippen molar-refractivity contribution in [2.45, 2.75) is 37.5 Å². The summed E-state index contributed by atoms with van der Waals surface area (Å²) >= 11 is 7.84. The fourth-order valence-electron chi connectivity index (χ4n) is 2.52. The zero-order valence-electron chi connectivity index (χ0n) is 9.73. The molecule has 2 unspecified atom stereocenters. The number of carboxylic acids is 1. The zero-order valence-corrected chi connectivity index (χ0v) is 11.3. The predicted molar refractivity (Wildman–Crippen MR) is 71.2 cm³/mol. The molecule has 0 bridgehead atoms. The SMILES string of the molecule is CCSC1CCCC1n1cc(Cl)cc1C(=O)O.